The largest absolute Gasteiger partial charge is 0.492 e. The molecule has 8 nitrogen and oxygen atoms in total. The van der Waals surface area contributed by atoms with E-state index >= 15 is 0 Å². The summed E-state index contributed by atoms with van der Waals surface area (Å²) in [5.74, 6) is 1.42. The summed E-state index contributed by atoms with van der Waals surface area (Å²) in [6, 6.07) is 17.3. The summed E-state index contributed by atoms with van der Waals surface area (Å²) in [7, 11) is 0. The van der Waals surface area contributed by atoms with Crippen LogP contribution in [0.4, 0.5) is 0 Å². The van der Waals surface area contributed by atoms with Crippen LogP contribution in [0, 0.1) is 0 Å². The number of aliphatic hydroxyl groups is 1. The molecular weight excluding hydrogens is 468 g/mol. The van der Waals surface area contributed by atoms with Gasteiger partial charge in [-0.3, -0.25) is 14.4 Å². The Morgan fingerprint density at radius 3 is 2.49 bits per heavy atom. The first kappa shape index (κ1) is 25.0. The van der Waals surface area contributed by atoms with Crippen LogP contribution in [-0.2, 0) is 17.9 Å². The molecule has 0 bridgehead atoms. The van der Waals surface area contributed by atoms with Gasteiger partial charge in [-0.25, -0.2) is 0 Å². The second kappa shape index (κ2) is 11.6. The van der Waals surface area contributed by atoms with Crippen molar-refractivity contribution >= 4 is 17.5 Å². The number of hydrogen-bond donors (Lipinski definition) is 1. The number of halogens is 1. The van der Waals surface area contributed by atoms with E-state index in [0.29, 0.717) is 50.1 Å². The van der Waals surface area contributed by atoms with Crippen molar-refractivity contribution in [2.24, 2.45) is 0 Å². The van der Waals surface area contributed by atoms with Gasteiger partial charge in [-0.2, -0.15) is 5.10 Å². The molecule has 1 aliphatic rings. The molecular formula is C26H31ClN4O4. The van der Waals surface area contributed by atoms with Gasteiger partial charge in [-0.05, 0) is 29.8 Å². The number of aromatic nitrogens is 2. The first-order valence-corrected chi connectivity index (χ1v) is 12.0. The molecule has 35 heavy (non-hydrogen) atoms. The van der Waals surface area contributed by atoms with Crippen LogP contribution in [0.25, 0.3) is 0 Å². The zero-order valence-electron chi connectivity index (χ0n) is 19.8. The minimum Gasteiger partial charge on any atom is -0.492 e. The van der Waals surface area contributed by atoms with Gasteiger partial charge in [0.05, 0.1) is 24.3 Å². The Balaban J connectivity index is 1.34. The number of hydrogen-bond acceptors (Lipinski definition) is 6. The Bertz CT molecular complexity index is 1090. The lowest BCUT2D eigenvalue weighted by molar-refractivity contribution is -0.132. The van der Waals surface area contributed by atoms with Crippen molar-refractivity contribution in [1.29, 1.82) is 0 Å². The summed E-state index contributed by atoms with van der Waals surface area (Å²) < 4.78 is 13.4. The number of carbonyl (C=O) groups is 1. The fourth-order valence-corrected chi connectivity index (χ4v) is 4.29. The van der Waals surface area contributed by atoms with Crippen molar-refractivity contribution in [3.63, 3.8) is 0 Å². The lowest BCUT2D eigenvalue weighted by Crippen LogP contribution is -2.51. The number of benzene rings is 2. The Morgan fingerprint density at radius 1 is 1.06 bits per heavy atom. The van der Waals surface area contributed by atoms with E-state index in [1.54, 1.807) is 22.0 Å². The molecule has 0 saturated carbocycles. The molecule has 1 saturated heterocycles. The van der Waals surface area contributed by atoms with Crippen molar-refractivity contribution < 1.29 is 19.4 Å². The fourth-order valence-electron chi connectivity index (χ4n) is 4.14. The smallest absolute Gasteiger partial charge is 0.219 e. The summed E-state index contributed by atoms with van der Waals surface area (Å²) in [5.41, 5.74) is -0.0879. The van der Waals surface area contributed by atoms with Crippen molar-refractivity contribution in [1.82, 2.24) is 19.6 Å². The molecule has 1 aliphatic heterocycles. The predicted molar refractivity (Wildman–Crippen MR) is 134 cm³/mol. The average Bonchev–Trinajstić information content (AvgIpc) is 3.18. The summed E-state index contributed by atoms with van der Waals surface area (Å²) in [4.78, 5) is 16.0. The zero-order valence-corrected chi connectivity index (χ0v) is 20.6. The number of para-hydroxylation sites is 1. The molecule has 0 aliphatic carbocycles. The number of β-amino-alcohol motifs (C(OH)–C–C–N with tert-alkyl or cyclic N) is 1. The van der Waals surface area contributed by atoms with E-state index in [2.05, 4.69) is 10.00 Å². The molecule has 1 N–H and O–H groups in total. The van der Waals surface area contributed by atoms with E-state index in [9.17, 15) is 9.90 Å². The van der Waals surface area contributed by atoms with Crippen molar-refractivity contribution in [2.75, 3.05) is 39.4 Å². The Labute approximate surface area is 210 Å². The van der Waals surface area contributed by atoms with Gasteiger partial charge in [0, 0.05) is 39.3 Å². The Kier molecular flexibility index (Phi) is 8.28. The third-order valence-electron chi connectivity index (χ3n) is 5.91. The minimum absolute atomic E-state index is 0.0520. The van der Waals surface area contributed by atoms with E-state index < -0.39 is 5.60 Å². The van der Waals surface area contributed by atoms with Gasteiger partial charge in [-0.15, -0.1) is 0 Å². The topological polar surface area (TPSA) is 80.1 Å². The molecule has 4 rings (SSSR count). The summed E-state index contributed by atoms with van der Waals surface area (Å²) in [6.07, 6.45) is 3.36. The highest BCUT2D eigenvalue weighted by atomic mass is 35.5. The number of carbonyl (C=O) groups excluding carboxylic acids is 1. The van der Waals surface area contributed by atoms with E-state index in [1.807, 2.05) is 54.6 Å². The maximum Gasteiger partial charge on any atom is 0.219 e. The highest BCUT2D eigenvalue weighted by Crippen LogP contribution is 2.21. The van der Waals surface area contributed by atoms with Crippen LogP contribution >= 0.6 is 11.6 Å². The first-order chi connectivity index (χ1) is 16.9. The van der Waals surface area contributed by atoms with Crippen LogP contribution in [0.15, 0.2) is 67.0 Å². The van der Waals surface area contributed by atoms with Gasteiger partial charge in [-0.1, -0.05) is 41.9 Å². The highest BCUT2D eigenvalue weighted by Gasteiger charge is 2.36. The Hall–Kier alpha value is -3.07. The molecule has 1 fully saturated rings. The molecule has 1 unspecified atom stereocenters. The van der Waals surface area contributed by atoms with E-state index in [0.717, 1.165) is 11.3 Å². The van der Waals surface area contributed by atoms with Crippen molar-refractivity contribution in [3.8, 4) is 11.5 Å². The third-order valence-corrected chi connectivity index (χ3v) is 6.10. The molecule has 1 atom stereocenters. The van der Waals surface area contributed by atoms with Crippen LogP contribution in [0.3, 0.4) is 0 Å². The van der Waals surface area contributed by atoms with Crippen LogP contribution in [0.1, 0.15) is 12.5 Å². The molecule has 2 heterocycles. The predicted octanol–water partition coefficient (Wildman–Crippen LogP) is 3.09. The first-order valence-electron chi connectivity index (χ1n) is 11.7. The molecule has 0 spiro atoms. The molecule has 9 heteroatoms. The lowest BCUT2D eigenvalue weighted by Gasteiger charge is -2.32. The van der Waals surface area contributed by atoms with Gasteiger partial charge in [0.25, 0.3) is 0 Å². The third kappa shape index (κ3) is 7.45. The SMILES string of the molecule is CC(=O)N1CCN(Cc2ccc(OCCn3cc(Cl)cn3)cc2)CC(O)(COc2ccccc2)C1. The van der Waals surface area contributed by atoms with E-state index in [-0.39, 0.29) is 19.1 Å². The van der Waals surface area contributed by atoms with Gasteiger partial charge in [0.2, 0.25) is 5.91 Å². The molecule has 1 aromatic heterocycles. The number of ether oxygens (including phenoxy) is 2. The molecule has 0 radical (unpaired) electrons. The quantitative estimate of drug-likeness (QED) is 0.488. The van der Waals surface area contributed by atoms with E-state index in [4.69, 9.17) is 21.1 Å². The summed E-state index contributed by atoms with van der Waals surface area (Å²) >= 11 is 5.88. The highest BCUT2D eigenvalue weighted by molar-refractivity contribution is 6.30. The molecule has 3 aromatic rings. The van der Waals surface area contributed by atoms with Crippen LogP contribution in [-0.4, -0.2) is 75.6 Å². The van der Waals surface area contributed by atoms with Gasteiger partial charge >= 0.3 is 0 Å². The van der Waals surface area contributed by atoms with Crippen LogP contribution in [0.2, 0.25) is 5.02 Å². The van der Waals surface area contributed by atoms with Crippen molar-refractivity contribution in [2.45, 2.75) is 25.6 Å². The van der Waals surface area contributed by atoms with Gasteiger partial charge in [0.1, 0.15) is 30.3 Å². The van der Waals surface area contributed by atoms with E-state index in [1.165, 1.54) is 6.92 Å². The van der Waals surface area contributed by atoms with Crippen molar-refractivity contribution in [3.05, 3.63) is 77.6 Å². The summed E-state index contributed by atoms with van der Waals surface area (Å²) in [5, 5.41) is 16.2. The lowest BCUT2D eigenvalue weighted by atomic mass is 10.0. The number of amides is 1. The molecule has 2 aromatic carbocycles. The second-order valence-corrected chi connectivity index (χ2v) is 9.33. The minimum atomic E-state index is -1.18. The fraction of sp³-hybridized carbons (Fsp3) is 0.385. The maximum absolute atomic E-state index is 12.1. The maximum atomic E-state index is 12.1. The van der Waals surface area contributed by atoms with Gasteiger partial charge < -0.3 is 19.5 Å². The number of rotatable bonds is 9. The standard InChI is InChI=1S/C26H31ClN4O4/c1-21(32)30-12-11-29(18-26(33,19-30)20-35-24-5-3-2-4-6-24)16-22-7-9-25(10-8-22)34-14-13-31-17-23(27)15-28-31/h2-10,15,17,33H,11-14,16,18-20H2,1H3. The monoisotopic (exact) mass is 498 g/mol. The number of nitrogens with zero attached hydrogens (tertiary/aromatic N) is 4. The normalized spacial score (nSPS) is 18.8. The Morgan fingerprint density at radius 2 is 1.80 bits per heavy atom. The molecule has 1 amide bonds. The zero-order chi connectivity index (χ0) is 24.7. The van der Waals surface area contributed by atoms with Crippen LogP contribution < -0.4 is 9.47 Å². The average molecular weight is 499 g/mol. The van der Waals surface area contributed by atoms with Gasteiger partial charge in [0.15, 0.2) is 0 Å². The van der Waals surface area contributed by atoms with Crippen LogP contribution in [0.5, 0.6) is 11.5 Å². The summed E-state index contributed by atoms with van der Waals surface area (Å²) in [6.45, 7) is 5.23. The second-order valence-electron chi connectivity index (χ2n) is 8.89. The molecule has 186 valence electrons.